The first-order chi connectivity index (χ1) is 7.38. The van der Waals surface area contributed by atoms with Gasteiger partial charge in [0.1, 0.15) is 0 Å². The van der Waals surface area contributed by atoms with Gasteiger partial charge < -0.3 is 0 Å². The van der Waals surface area contributed by atoms with Crippen LogP contribution < -0.4 is 0 Å². The highest BCUT2D eigenvalue weighted by molar-refractivity contribution is 5.25. The van der Waals surface area contributed by atoms with Gasteiger partial charge in [0.15, 0.2) is 0 Å². The lowest BCUT2D eigenvalue weighted by Gasteiger charge is -2.42. The molecule has 17 heavy (non-hydrogen) atoms. The average molecular weight is 238 g/mol. The molecular weight excluding hydrogens is 204 g/mol. The van der Waals surface area contributed by atoms with Gasteiger partial charge in [-0.25, -0.2) is 0 Å². The maximum absolute atomic E-state index is 4.26. The van der Waals surface area contributed by atoms with Crippen LogP contribution in [0.4, 0.5) is 0 Å². The first-order valence-electron chi connectivity index (χ1n) is 6.69. The lowest BCUT2D eigenvalue weighted by Crippen LogP contribution is -2.35. The van der Waals surface area contributed by atoms with Crippen LogP contribution in [0.1, 0.15) is 58.2 Å². The summed E-state index contributed by atoms with van der Waals surface area (Å²) in [5.74, 6) is 1.10. The summed E-state index contributed by atoms with van der Waals surface area (Å²) in [6.45, 7) is 27.3. The molecule has 0 heterocycles. The van der Waals surface area contributed by atoms with Crippen molar-refractivity contribution in [3.05, 3.63) is 24.3 Å². The predicted molar refractivity (Wildman–Crippen MR) is 82.2 cm³/mol. The van der Waals surface area contributed by atoms with Crippen LogP contribution in [0, 0.1) is 28.1 Å². The molecule has 1 saturated carbocycles. The van der Waals surface area contributed by atoms with E-state index in [-0.39, 0.29) is 19.1 Å². The van der Waals surface area contributed by atoms with Crippen LogP contribution in [0.2, 0.25) is 0 Å². The normalized spacial score (nSPS) is 33.4. The van der Waals surface area contributed by atoms with Crippen LogP contribution in [0.5, 0.6) is 0 Å². The number of allylic oxidation sites excluding steroid dienone is 2. The van der Waals surface area contributed by atoms with Gasteiger partial charge >= 0.3 is 0 Å². The van der Waals surface area contributed by atoms with E-state index >= 15 is 0 Å². The third kappa shape index (κ3) is 1.72. The molecule has 0 amide bonds. The van der Waals surface area contributed by atoms with Gasteiger partial charge in [0.2, 0.25) is 0 Å². The largest absolute Gasteiger partial charge is 0.0998 e. The number of hydrogen-bond donors (Lipinski definition) is 0. The van der Waals surface area contributed by atoms with Gasteiger partial charge in [-0.15, -0.1) is 0 Å². The average Bonchev–Trinajstić information content (AvgIpc) is 2.07. The summed E-state index contributed by atoms with van der Waals surface area (Å²) in [4.78, 5) is 0. The highest BCUT2D eigenvalue weighted by Gasteiger charge is 2.63. The van der Waals surface area contributed by atoms with Gasteiger partial charge in [0.05, 0.1) is 0 Å². The molecule has 2 atom stereocenters. The SMILES string of the molecule is C=C(C)C1C(C)(C)C(C(=C)C)C(C)(C)C1(C)C.[HH].[HH]. The third-order valence-electron chi connectivity index (χ3n) is 5.58. The second-order valence-corrected chi connectivity index (χ2v) is 7.82. The Kier molecular flexibility index (Phi) is 3.19. The molecule has 0 bridgehead atoms. The molecule has 0 aromatic carbocycles. The minimum absolute atomic E-state index is 0. The summed E-state index contributed by atoms with van der Waals surface area (Å²) in [5, 5.41) is 0. The molecule has 0 nitrogen and oxygen atoms in total. The first-order valence-corrected chi connectivity index (χ1v) is 6.69. The molecule has 0 N–H and O–H groups in total. The maximum Gasteiger partial charge on any atom is 0 e. The summed E-state index contributed by atoms with van der Waals surface area (Å²) in [6.07, 6.45) is 0. The molecule has 0 saturated heterocycles. The predicted octanol–water partition coefficient (Wildman–Crippen LogP) is 5.96. The molecule has 1 aliphatic carbocycles. The van der Waals surface area contributed by atoms with Crippen LogP contribution >= 0.6 is 0 Å². The molecular formula is C17H34. The molecule has 0 radical (unpaired) electrons. The van der Waals surface area contributed by atoms with Crippen molar-refractivity contribution in [2.24, 2.45) is 28.1 Å². The fraction of sp³-hybridized carbons (Fsp3) is 0.765. The lowest BCUT2D eigenvalue weighted by molar-refractivity contribution is 0.0991. The third-order valence-corrected chi connectivity index (χ3v) is 5.58. The summed E-state index contributed by atoms with van der Waals surface area (Å²) < 4.78 is 0. The van der Waals surface area contributed by atoms with E-state index in [1.54, 1.807) is 0 Å². The quantitative estimate of drug-likeness (QED) is 0.521. The van der Waals surface area contributed by atoms with Crippen molar-refractivity contribution in [2.45, 2.75) is 55.4 Å². The van der Waals surface area contributed by atoms with E-state index in [0.29, 0.717) is 11.8 Å². The van der Waals surface area contributed by atoms with E-state index in [0.717, 1.165) is 0 Å². The van der Waals surface area contributed by atoms with Crippen LogP contribution in [0.15, 0.2) is 24.3 Å². The van der Waals surface area contributed by atoms with Gasteiger partial charge in [-0.1, -0.05) is 65.8 Å². The molecule has 0 heteroatoms. The zero-order valence-corrected chi connectivity index (χ0v) is 13.1. The highest BCUT2D eigenvalue weighted by atomic mass is 14.7. The molecule has 1 rings (SSSR count). The molecule has 0 spiro atoms. The zero-order chi connectivity index (χ0) is 13.8. The minimum Gasteiger partial charge on any atom is -0.0998 e. The van der Waals surface area contributed by atoms with E-state index < -0.39 is 0 Å². The molecule has 102 valence electrons. The van der Waals surface area contributed by atoms with Crippen LogP contribution in [-0.4, -0.2) is 0 Å². The Balaban J connectivity index is 0. The van der Waals surface area contributed by atoms with Gasteiger partial charge in [-0.3, -0.25) is 0 Å². The summed E-state index contributed by atoms with van der Waals surface area (Å²) in [5.41, 5.74) is 3.39. The van der Waals surface area contributed by atoms with Crippen molar-refractivity contribution in [3.8, 4) is 0 Å². The Morgan fingerprint density at radius 3 is 1.12 bits per heavy atom. The van der Waals surface area contributed by atoms with Gasteiger partial charge in [-0.05, 0) is 41.9 Å². The van der Waals surface area contributed by atoms with Crippen LogP contribution in [0.3, 0.4) is 0 Å². The number of hydrogen-bond acceptors (Lipinski definition) is 0. The molecule has 0 aliphatic heterocycles. The van der Waals surface area contributed by atoms with Crippen molar-refractivity contribution in [3.63, 3.8) is 0 Å². The first kappa shape index (κ1) is 14.5. The summed E-state index contributed by atoms with van der Waals surface area (Å²) >= 11 is 0. The molecule has 2 unspecified atom stereocenters. The zero-order valence-electron chi connectivity index (χ0n) is 13.1. The van der Waals surface area contributed by atoms with Crippen molar-refractivity contribution in [1.29, 1.82) is 0 Å². The monoisotopic (exact) mass is 238 g/mol. The Morgan fingerprint density at radius 1 is 0.765 bits per heavy atom. The molecule has 0 aromatic rings. The second-order valence-electron chi connectivity index (χ2n) is 7.82. The summed E-state index contributed by atoms with van der Waals surface area (Å²) in [7, 11) is 0. The van der Waals surface area contributed by atoms with Crippen molar-refractivity contribution in [1.82, 2.24) is 0 Å². The van der Waals surface area contributed by atoms with E-state index in [1.165, 1.54) is 11.1 Å². The van der Waals surface area contributed by atoms with Crippen molar-refractivity contribution >= 4 is 0 Å². The van der Waals surface area contributed by atoms with Gasteiger partial charge in [0, 0.05) is 2.85 Å². The Labute approximate surface area is 111 Å². The highest BCUT2D eigenvalue weighted by Crippen LogP contribution is 2.69. The van der Waals surface area contributed by atoms with Gasteiger partial charge in [-0.2, -0.15) is 0 Å². The topological polar surface area (TPSA) is 0 Å². The van der Waals surface area contributed by atoms with Crippen LogP contribution in [0.25, 0.3) is 0 Å². The molecule has 1 fully saturated rings. The Morgan fingerprint density at radius 2 is 1.00 bits per heavy atom. The fourth-order valence-corrected chi connectivity index (χ4v) is 5.27. The smallest absolute Gasteiger partial charge is 0 e. The van der Waals surface area contributed by atoms with Crippen molar-refractivity contribution < 1.29 is 2.85 Å². The molecule has 0 aromatic heterocycles. The van der Waals surface area contributed by atoms with Crippen LogP contribution in [-0.2, 0) is 0 Å². The minimum atomic E-state index is 0. The Hall–Kier alpha value is -0.520. The van der Waals surface area contributed by atoms with Gasteiger partial charge in [0.25, 0.3) is 0 Å². The molecule has 1 aliphatic rings. The van der Waals surface area contributed by atoms with E-state index in [4.69, 9.17) is 0 Å². The van der Waals surface area contributed by atoms with E-state index in [2.05, 4.69) is 68.5 Å². The number of rotatable bonds is 2. The van der Waals surface area contributed by atoms with Crippen molar-refractivity contribution in [2.75, 3.05) is 0 Å². The second kappa shape index (κ2) is 3.73. The maximum atomic E-state index is 4.26. The standard InChI is InChI=1S/C17H30.2H2/c1-11(2)13-15(5,6)14(12(3)4)17(9,10)16(13,7)8;;/h13-14H,1,3H2,2,4-10H3;2*1H. The summed E-state index contributed by atoms with van der Waals surface area (Å²) in [6, 6.07) is 0. The lowest BCUT2D eigenvalue weighted by atomic mass is 9.62. The van der Waals surface area contributed by atoms with E-state index in [9.17, 15) is 0 Å². The fourth-order valence-electron chi connectivity index (χ4n) is 5.27. The Bertz CT molecular complexity index is 327. The van der Waals surface area contributed by atoms with E-state index in [1.807, 2.05) is 0 Å².